The largest absolute Gasteiger partial charge is 0.329 e. The summed E-state index contributed by atoms with van der Waals surface area (Å²) in [5.41, 5.74) is 5.66. The first kappa shape index (κ1) is 14.0. The summed E-state index contributed by atoms with van der Waals surface area (Å²) in [6.07, 6.45) is 0. The van der Waals surface area contributed by atoms with Crippen molar-refractivity contribution in [2.75, 3.05) is 13.6 Å². The molecule has 17 heavy (non-hydrogen) atoms. The van der Waals surface area contributed by atoms with Crippen LogP contribution in [0, 0.1) is 17.5 Å². The molecule has 1 unspecified atom stereocenters. The number of benzene rings is 1. The molecule has 0 aliphatic rings. The molecule has 2 nitrogen and oxygen atoms in total. The highest BCUT2D eigenvalue weighted by atomic mass is 19.2. The third-order valence-corrected chi connectivity index (χ3v) is 2.93. The first-order valence-electron chi connectivity index (χ1n) is 5.45. The molecule has 96 valence electrons. The summed E-state index contributed by atoms with van der Waals surface area (Å²) in [4.78, 5) is 1.82. The Balaban J connectivity index is 3.16. The molecule has 0 spiro atoms. The monoisotopic (exact) mass is 246 g/mol. The van der Waals surface area contributed by atoms with Gasteiger partial charge in [-0.3, -0.25) is 4.90 Å². The lowest BCUT2D eigenvalue weighted by atomic mass is 10.0. The van der Waals surface area contributed by atoms with Gasteiger partial charge < -0.3 is 5.73 Å². The normalized spacial score (nSPS) is 13.5. The van der Waals surface area contributed by atoms with Gasteiger partial charge in [0.2, 0.25) is 0 Å². The summed E-state index contributed by atoms with van der Waals surface area (Å²) in [5.74, 6) is -3.02. The summed E-state index contributed by atoms with van der Waals surface area (Å²) in [5, 5.41) is 0. The predicted octanol–water partition coefficient (Wildman–Crippen LogP) is 2.44. The fourth-order valence-electron chi connectivity index (χ4n) is 1.67. The van der Waals surface area contributed by atoms with Crippen molar-refractivity contribution in [2.24, 2.45) is 5.73 Å². The molecule has 0 radical (unpaired) electrons. The molecule has 0 bridgehead atoms. The van der Waals surface area contributed by atoms with Crippen molar-refractivity contribution in [2.45, 2.75) is 25.9 Å². The van der Waals surface area contributed by atoms with Gasteiger partial charge in [-0.25, -0.2) is 13.2 Å². The molecule has 5 heteroatoms. The average molecular weight is 246 g/mol. The second kappa shape index (κ2) is 5.51. The van der Waals surface area contributed by atoms with Crippen molar-refractivity contribution >= 4 is 0 Å². The summed E-state index contributed by atoms with van der Waals surface area (Å²) in [6.45, 7) is 3.97. The van der Waals surface area contributed by atoms with Gasteiger partial charge in [-0.1, -0.05) is 0 Å². The zero-order valence-electron chi connectivity index (χ0n) is 10.2. The SMILES string of the molecule is CC(C)N(C)C(CN)c1cc(F)c(F)cc1F. The fourth-order valence-corrected chi connectivity index (χ4v) is 1.67. The molecule has 0 aliphatic carbocycles. The van der Waals surface area contributed by atoms with Gasteiger partial charge in [0, 0.05) is 30.3 Å². The van der Waals surface area contributed by atoms with Gasteiger partial charge in [0.25, 0.3) is 0 Å². The van der Waals surface area contributed by atoms with Crippen molar-refractivity contribution in [1.29, 1.82) is 0 Å². The highest BCUT2D eigenvalue weighted by Gasteiger charge is 2.22. The van der Waals surface area contributed by atoms with E-state index in [4.69, 9.17) is 5.73 Å². The summed E-state index contributed by atoms with van der Waals surface area (Å²) < 4.78 is 39.5. The lowest BCUT2D eigenvalue weighted by molar-refractivity contribution is 0.196. The molecule has 0 heterocycles. The summed E-state index contributed by atoms with van der Waals surface area (Å²) in [7, 11) is 1.77. The highest BCUT2D eigenvalue weighted by Crippen LogP contribution is 2.25. The van der Waals surface area contributed by atoms with Crippen LogP contribution < -0.4 is 5.73 Å². The number of likely N-dealkylation sites (N-methyl/N-ethyl adjacent to an activating group) is 1. The van der Waals surface area contributed by atoms with E-state index in [0.29, 0.717) is 6.07 Å². The van der Waals surface area contributed by atoms with Crippen molar-refractivity contribution in [1.82, 2.24) is 4.90 Å². The summed E-state index contributed by atoms with van der Waals surface area (Å²) in [6, 6.07) is 1.09. The van der Waals surface area contributed by atoms with Crippen molar-refractivity contribution in [3.8, 4) is 0 Å². The highest BCUT2D eigenvalue weighted by molar-refractivity contribution is 5.24. The van der Waals surface area contributed by atoms with Crippen molar-refractivity contribution in [3.63, 3.8) is 0 Å². The van der Waals surface area contributed by atoms with E-state index in [2.05, 4.69) is 0 Å². The van der Waals surface area contributed by atoms with Crippen LogP contribution in [0.2, 0.25) is 0 Å². The minimum absolute atomic E-state index is 0.0857. The molecule has 1 aromatic rings. The van der Waals surface area contributed by atoms with E-state index in [1.165, 1.54) is 0 Å². The van der Waals surface area contributed by atoms with Crippen LogP contribution in [-0.4, -0.2) is 24.5 Å². The Kier molecular flexibility index (Phi) is 4.54. The first-order valence-corrected chi connectivity index (χ1v) is 5.45. The fraction of sp³-hybridized carbons (Fsp3) is 0.500. The molecular formula is C12H17F3N2. The molecule has 2 N–H and O–H groups in total. The topological polar surface area (TPSA) is 29.3 Å². The van der Waals surface area contributed by atoms with Crippen LogP contribution in [0.4, 0.5) is 13.2 Å². The van der Waals surface area contributed by atoms with E-state index >= 15 is 0 Å². The smallest absolute Gasteiger partial charge is 0.161 e. The average Bonchev–Trinajstić information content (AvgIpc) is 2.25. The van der Waals surface area contributed by atoms with E-state index in [9.17, 15) is 13.2 Å². The van der Waals surface area contributed by atoms with Crippen LogP contribution in [0.5, 0.6) is 0 Å². The van der Waals surface area contributed by atoms with Crippen LogP contribution in [-0.2, 0) is 0 Å². The van der Waals surface area contributed by atoms with Gasteiger partial charge in [-0.2, -0.15) is 0 Å². The van der Waals surface area contributed by atoms with Gasteiger partial charge in [0.1, 0.15) is 5.82 Å². The van der Waals surface area contributed by atoms with Crippen molar-refractivity contribution in [3.05, 3.63) is 35.1 Å². The number of hydrogen-bond acceptors (Lipinski definition) is 2. The standard InChI is InChI=1S/C12H17F3N2/c1-7(2)17(3)12(6-16)8-4-10(14)11(15)5-9(8)13/h4-5,7,12H,6,16H2,1-3H3. The van der Waals surface area contributed by atoms with Gasteiger partial charge in [-0.15, -0.1) is 0 Å². The lowest BCUT2D eigenvalue weighted by Gasteiger charge is -2.31. The Morgan fingerprint density at radius 1 is 1.12 bits per heavy atom. The Morgan fingerprint density at radius 3 is 2.12 bits per heavy atom. The van der Waals surface area contributed by atoms with Crippen LogP contribution in [0.3, 0.4) is 0 Å². The number of halogens is 3. The molecule has 0 fully saturated rings. The zero-order valence-corrected chi connectivity index (χ0v) is 10.2. The minimum atomic E-state index is -1.19. The van der Waals surface area contributed by atoms with Crippen molar-refractivity contribution < 1.29 is 13.2 Å². The Bertz CT molecular complexity index is 394. The zero-order chi connectivity index (χ0) is 13.2. The van der Waals surface area contributed by atoms with Crippen LogP contribution in [0.1, 0.15) is 25.5 Å². The maximum atomic E-state index is 13.6. The number of nitrogens with two attached hydrogens (primary N) is 1. The Hall–Kier alpha value is -1.07. The predicted molar refractivity (Wildman–Crippen MR) is 61.0 cm³/mol. The molecular weight excluding hydrogens is 229 g/mol. The van der Waals surface area contributed by atoms with Gasteiger partial charge in [0.05, 0.1) is 0 Å². The summed E-state index contributed by atoms with van der Waals surface area (Å²) >= 11 is 0. The maximum Gasteiger partial charge on any atom is 0.161 e. The van der Waals surface area contributed by atoms with E-state index in [1.54, 1.807) is 7.05 Å². The molecule has 0 saturated carbocycles. The second-order valence-electron chi connectivity index (χ2n) is 4.30. The third kappa shape index (κ3) is 2.98. The first-order chi connectivity index (χ1) is 7.88. The molecule has 1 aromatic carbocycles. The number of nitrogens with zero attached hydrogens (tertiary/aromatic N) is 1. The van der Waals surface area contributed by atoms with E-state index in [1.807, 2.05) is 18.7 Å². The second-order valence-corrected chi connectivity index (χ2v) is 4.30. The molecule has 0 saturated heterocycles. The van der Waals surface area contributed by atoms with Crippen LogP contribution >= 0.6 is 0 Å². The molecule has 0 aliphatic heterocycles. The molecule has 0 amide bonds. The van der Waals surface area contributed by atoms with E-state index in [-0.39, 0.29) is 18.2 Å². The van der Waals surface area contributed by atoms with Crippen LogP contribution in [0.25, 0.3) is 0 Å². The third-order valence-electron chi connectivity index (χ3n) is 2.93. The minimum Gasteiger partial charge on any atom is -0.329 e. The van der Waals surface area contributed by atoms with Gasteiger partial charge >= 0.3 is 0 Å². The van der Waals surface area contributed by atoms with E-state index < -0.39 is 23.5 Å². The van der Waals surface area contributed by atoms with Gasteiger partial charge in [-0.05, 0) is 27.0 Å². The Morgan fingerprint density at radius 2 is 1.65 bits per heavy atom. The number of rotatable bonds is 4. The Labute approximate surface area is 99.2 Å². The molecule has 1 atom stereocenters. The van der Waals surface area contributed by atoms with E-state index in [0.717, 1.165) is 6.07 Å². The van der Waals surface area contributed by atoms with Gasteiger partial charge in [0.15, 0.2) is 11.6 Å². The number of hydrogen-bond donors (Lipinski definition) is 1. The lowest BCUT2D eigenvalue weighted by Crippen LogP contribution is -2.36. The molecule has 0 aromatic heterocycles. The van der Waals surface area contributed by atoms with Crippen LogP contribution in [0.15, 0.2) is 12.1 Å². The maximum absolute atomic E-state index is 13.6. The quantitative estimate of drug-likeness (QED) is 0.827. The molecule has 1 rings (SSSR count).